The van der Waals surface area contributed by atoms with Crippen LogP contribution in [-0.4, -0.2) is 63.0 Å². The molecule has 0 bridgehead atoms. The quantitative estimate of drug-likeness (QED) is 0.512. The Morgan fingerprint density at radius 1 is 1.55 bits per heavy atom. The first kappa shape index (κ1) is 14.9. The van der Waals surface area contributed by atoms with E-state index in [0.717, 1.165) is 4.90 Å². The molecule has 10 heteroatoms. The minimum atomic E-state index is -3.73. The monoisotopic (exact) mass is 328 g/mol. The van der Waals surface area contributed by atoms with Gasteiger partial charge in [-0.05, 0) is 13.8 Å². The number of sulfone groups is 1. The van der Waals surface area contributed by atoms with Crippen LogP contribution in [0.4, 0.5) is 0 Å². The van der Waals surface area contributed by atoms with Crippen LogP contribution in [0, 0.1) is 0 Å². The largest absolute Gasteiger partial charge is 0.464 e. The van der Waals surface area contributed by atoms with Crippen LogP contribution >= 0.6 is 0 Å². The third kappa shape index (κ3) is 1.79. The molecule has 0 N–H and O–H groups in total. The summed E-state index contributed by atoms with van der Waals surface area (Å²) in [6.45, 7) is 3.13. The zero-order valence-corrected chi connectivity index (χ0v) is 13.0. The van der Waals surface area contributed by atoms with Crippen LogP contribution in [0.2, 0.25) is 0 Å². The molecule has 2 aliphatic rings. The van der Waals surface area contributed by atoms with Crippen molar-refractivity contribution in [3.05, 3.63) is 12.4 Å². The van der Waals surface area contributed by atoms with Crippen molar-refractivity contribution < 1.29 is 22.7 Å². The molecule has 0 radical (unpaired) electrons. The minimum absolute atomic E-state index is 0.0703. The summed E-state index contributed by atoms with van der Waals surface area (Å²) in [6.07, 6.45) is 2.84. The Morgan fingerprint density at radius 2 is 2.27 bits per heavy atom. The lowest BCUT2D eigenvalue weighted by Crippen LogP contribution is -2.58. The second-order valence-electron chi connectivity index (χ2n) is 5.57. The summed E-state index contributed by atoms with van der Waals surface area (Å²) in [5.41, 5.74) is 0. The van der Waals surface area contributed by atoms with Crippen LogP contribution < -0.4 is 0 Å². The number of fused-ring (bicyclic) bond motifs is 1. The number of aromatic nitrogens is 3. The lowest BCUT2D eigenvalue weighted by atomic mass is 9.96. The second-order valence-corrected chi connectivity index (χ2v) is 8.14. The highest BCUT2D eigenvalue weighted by atomic mass is 32.2. The Balaban J connectivity index is 2.06. The number of ether oxygens (including phenoxy) is 1. The van der Waals surface area contributed by atoms with E-state index in [1.807, 2.05) is 0 Å². The number of hydrogen-bond acceptors (Lipinski definition) is 7. The summed E-state index contributed by atoms with van der Waals surface area (Å²) in [7, 11) is -3.73. The lowest BCUT2D eigenvalue weighted by molar-refractivity contribution is -0.161. The van der Waals surface area contributed by atoms with E-state index < -0.39 is 32.0 Å². The number of carbonyl (C=O) groups excluding carboxylic acids is 2. The average Bonchev–Trinajstić information content (AvgIpc) is 2.97. The van der Waals surface area contributed by atoms with Crippen molar-refractivity contribution >= 4 is 21.7 Å². The van der Waals surface area contributed by atoms with Gasteiger partial charge in [-0.3, -0.25) is 9.48 Å². The highest BCUT2D eigenvalue weighted by molar-refractivity contribution is 7.93. The SMILES string of the molecule is CCOC(=O)[C@@H]1N2C(=O)CC2S(=O)(=O)[C@@]1(C)Cn1ccnn1. The van der Waals surface area contributed by atoms with Gasteiger partial charge in [0.2, 0.25) is 5.91 Å². The fraction of sp³-hybridized carbons (Fsp3) is 0.667. The van der Waals surface area contributed by atoms with Gasteiger partial charge in [-0.2, -0.15) is 0 Å². The number of amides is 1. The maximum atomic E-state index is 12.8. The molecule has 2 aliphatic heterocycles. The van der Waals surface area contributed by atoms with Crippen molar-refractivity contribution in [3.63, 3.8) is 0 Å². The summed E-state index contributed by atoms with van der Waals surface area (Å²) in [4.78, 5) is 25.2. The van der Waals surface area contributed by atoms with E-state index in [1.165, 1.54) is 24.0 Å². The van der Waals surface area contributed by atoms with Crippen LogP contribution in [0.1, 0.15) is 20.3 Å². The highest BCUT2D eigenvalue weighted by Gasteiger charge is 2.70. The molecule has 2 fully saturated rings. The van der Waals surface area contributed by atoms with E-state index in [2.05, 4.69) is 10.3 Å². The standard InChI is InChI=1S/C12H16N4O5S/c1-3-21-11(18)10-12(2,7-15-5-4-13-14-15)22(19,20)9-6-8(17)16(9)10/h4-5,9-10H,3,6-7H2,1-2H3/t9?,10-,12-/m0/s1. The Kier molecular flexibility index (Phi) is 3.24. The molecular weight excluding hydrogens is 312 g/mol. The first-order chi connectivity index (χ1) is 10.3. The molecule has 1 amide bonds. The number of esters is 1. The van der Waals surface area contributed by atoms with Gasteiger partial charge in [0.25, 0.3) is 0 Å². The van der Waals surface area contributed by atoms with Crippen molar-refractivity contribution in [3.8, 4) is 0 Å². The highest BCUT2D eigenvalue weighted by Crippen LogP contribution is 2.47. The topological polar surface area (TPSA) is 111 Å². The van der Waals surface area contributed by atoms with Gasteiger partial charge in [0.15, 0.2) is 15.9 Å². The van der Waals surface area contributed by atoms with Gasteiger partial charge in [0.05, 0.1) is 25.8 Å². The zero-order chi connectivity index (χ0) is 16.1. The molecule has 1 aromatic heterocycles. The number of hydrogen-bond donors (Lipinski definition) is 0. The Bertz CT molecular complexity index is 716. The average molecular weight is 328 g/mol. The first-order valence-corrected chi connectivity index (χ1v) is 8.43. The molecule has 0 aromatic carbocycles. The summed E-state index contributed by atoms with van der Waals surface area (Å²) in [6, 6.07) is -1.16. The summed E-state index contributed by atoms with van der Waals surface area (Å²) in [5.74, 6) is -1.06. The van der Waals surface area contributed by atoms with Crippen molar-refractivity contribution in [1.82, 2.24) is 19.9 Å². The van der Waals surface area contributed by atoms with Gasteiger partial charge in [-0.1, -0.05) is 5.21 Å². The Hall–Kier alpha value is -1.97. The van der Waals surface area contributed by atoms with E-state index >= 15 is 0 Å². The van der Waals surface area contributed by atoms with Crippen LogP contribution in [0.3, 0.4) is 0 Å². The summed E-state index contributed by atoms with van der Waals surface area (Å²) < 4.78 is 30.5. The molecule has 22 heavy (non-hydrogen) atoms. The summed E-state index contributed by atoms with van der Waals surface area (Å²) >= 11 is 0. The maximum Gasteiger partial charge on any atom is 0.330 e. The van der Waals surface area contributed by atoms with Gasteiger partial charge >= 0.3 is 5.97 Å². The molecule has 9 nitrogen and oxygen atoms in total. The van der Waals surface area contributed by atoms with Crippen LogP contribution in [0.25, 0.3) is 0 Å². The zero-order valence-electron chi connectivity index (χ0n) is 12.2. The van der Waals surface area contributed by atoms with E-state index in [0.29, 0.717) is 0 Å². The normalized spacial score (nSPS) is 32.5. The van der Waals surface area contributed by atoms with Crippen molar-refractivity contribution in [1.29, 1.82) is 0 Å². The van der Waals surface area contributed by atoms with Crippen molar-refractivity contribution in [2.75, 3.05) is 6.61 Å². The van der Waals surface area contributed by atoms with Crippen molar-refractivity contribution in [2.45, 2.75) is 43.0 Å². The maximum absolute atomic E-state index is 12.8. The van der Waals surface area contributed by atoms with E-state index in [4.69, 9.17) is 4.74 Å². The number of rotatable bonds is 4. The second kappa shape index (κ2) is 4.77. The lowest BCUT2D eigenvalue weighted by Gasteiger charge is -2.36. The van der Waals surface area contributed by atoms with Crippen LogP contribution in [0.5, 0.6) is 0 Å². The van der Waals surface area contributed by atoms with Crippen LogP contribution in [0.15, 0.2) is 12.4 Å². The molecule has 1 aromatic rings. The van der Waals surface area contributed by atoms with Gasteiger partial charge < -0.3 is 9.64 Å². The number of nitrogens with zero attached hydrogens (tertiary/aromatic N) is 4. The van der Waals surface area contributed by atoms with Crippen molar-refractivity contribution in [2.24, 2.45) is 0 Å². The Labute approximate surface area is 127 Å². The fourth-order valence-corrected chi connectivity index (χ4v) is 5.49. The third-order valence-electron chi connectivity index (χ3n) is 4.27. The minimum Gasteiger partial charge on any atom is -0.464 e. The molecule has 0 saturated carbocycles. The van der Waals surface area contributed by atoms with Crippen LogP contribution in [-0.2, 0) is 30.7 Å². The Morgan fingerprint density at radius 3 is 2.82 bits per heavy atom. The van der Waals surface area contributed by atoms with Gasteiger partial charge in [-0.25, -0.2) is 13.2 Å². The molecular formula is C12H16N4O5S. The molecule has 3 atom stereocenters. The van der Waals surface area contributed by atoms with Gasteiger partial charge in [0, 0.05) is 6.20 Å². The van der Waals surface area contributed by atoms with Gasteiger partial charge in [0.1, 0.15) is 10.1 Å². The first-order valence-electron chi connectivity index (χ1n) is 6.88. The fourth-order valence-electron chi connectivity index (χ4n) is 3.13. The predicted octanol–water partition coefficient (Wildman–Crippen LogP) is -1.04. The van der Waals surface area contributed by atoms with E-state index in [1.54, 1.807) is 6.92 Å². The number of β-lactam (4-membered cyclic amide) rings is 1. The van der Waals surface area contributed by atoms with Gasteiger partial charge in [-0.15, -0.1) is 5.10 Å². The third-order valence-corrected chi connectivity index (χ3v) is 7.03. The summed E-state index contributed by atoms with van der Waals surface area (Å²) in [5, 5.41) is 6.45. The van der Waals surface area contributed by atoms with E-state index in [9.17, 15) is 18.0 Å². The predicted molar refractivity (Wildman–Crippen MR) is 73.0 cm³/mol. The molecule has 3 heterocycles. The molecule has 2 saturated heterocycles. The molecule has 0 aliphatic carbocycles. The molecule has 0 spiro atoms. The number of carbonyl (C=O) groups is 2. The van der Waals surface area contributed by atoms with E-state index in [-0.39, 0.29) is 25.5 Å². The molecule has 3 rings (SSSR count). The molecule has 120 valence electrons. The molecule has 1 unspecified atom stereocenters. The smallest absolute Gasteiger partial charge is 0.330 e.